The third kappa shape index (κ3) is 3.59. The standard InChI is InChI=1S/C21H20N6O4S2/c1-2-27-20(28)15-7-4-3-6-14(15)18(22-27)21(29)25-10-12-26(13-11-25)33(30,31)17-9-5-8-16-19(17)24-32-23-16/h3-9H,2,10-13H2,1H3. The molecule has 33 heavy (non-hydrogen) atoms. The summed E-state index contributed by atoms with van der Waals surface area (Å²) in [5, 5.41) is 5.23. The van der Waals surface area contributed by atoms with Crippen LogP contribution in [-0.4, -0.2) is 68.2 Å². The van der Waals surface area contributed by atoms with Crippen molar-refractivity contribution in [2.24, 2.45) is 0 Å². The maximum atomic E-state index is 13.3. The van der Waals surface area contributed by atoms with Crippen LogP contribution in [0.2, 0.25) is 0 Å². The van der Waals surface area contributed by atoms with E-state index in [4.69, 9.17) is 0 Å². The zero-order chi connectivity index (χ0) is 23.2. The van der Waals surface area contributed by atoms with Gasteiger partial charge in [0.25, 0.3) is 11.5 Å². The minimum Gasteiger partial charge on any atom is -0.335 e. The predicted octanol–water partition coefficient (Wildman–Crippen LogP) is 1.57. The Morgan fingerprint density at radius 2 is 1.73 bits per heavy atom. The van der Waals surface area contributed by atoms with Gasteiger partial charge in [0, 0.05) is 38.1 Å². The summed E-state index contributed by atoms with van der Waals surface area (Å²) in [6.07, 6.45) is 0. The minimum atomic E-state index is -3.78. The molecule has 1 fully saturated rings. The predicted molar refractivity (Wildman–Crippen MR) is 124 cm³/mol. The van der Waals surface area contributed by atoms with Crippen LogP contribution in [0, 0.1) is 0 Å². The Bertz CT molecular complexity index is 1540. The molecule has 0 N–H and O–H groups in total. The Kier molecular flexibility index (Phi) is 5.43. The van der Waals surface area contributed by atoms with Gasteiger partial charge in [-0.15, -0.1) is 0 Å². The number of fused-ring (bicyclic) bond motifs is 2. The number of aromatic nitrogens is 4. The van der Waals surface area contributed by atoms with E-state index in [1.807, 2.05) is 0 Å². The van der Waals surface area contributed by atoms with Crippen LogP contribution in [0.25, 0.3) is 21.8 Å². The molecule has 0 saturated carbocycles. The van der Waals surface area contributed by atoms with Gasteiger partial charge in [-0.25, -0.2) is 13.1 Å². The number of carbonyl (C=O) groups is 1. The average Bonchev–Trinajstić information content (AvgIpc) is 3.33. The summed E-state index contributed by atoms with van der Waals surface area (Å²) in [5.74, 6) is -0.323. The summed E-state index contributed by atoms with van der Waals surface area (Å²) in [5.41, 5.74) is 0.852. The highest BCUT2D eigenvalue weighted by atomic mass is 32.2. The Balaban J connectivity index is 1.41. The molecule has 1 aliphatic heterocycles. The fraction of sp³-hybridized carbons (Fsp3) is 0.286. The van der Waals surface area contributed by atoms with Gasteiger partial charge in [0.1, 0.15) is 15.9 Å². The largest absolute Gasteiger partial charge is 0.335 e. The number of piperazine rings is 1. The van der Waals surface area contributed by atoms with E-state index < -0.39 is 10.0 Å². The number of hydrogen-bond donors (Lipinski definition) is 0. The molecule has 0 atom stereocenters. The van der Waals surface area contributed by atoms with Crippen LogP contribution in [0.15, 0.2) is 52.2 Å². The second kappa shape index (κ2) is 8.28. The molecule has 12 heteroatoms. The molecule has 0 aliphatic carbocycles. The first-order valence-electron chi connectivity index (χ1n) is 10.4. The van der Waals surface area contributed by atoms with Crippen LogP contribution < -0.4 is 5.56 Å². The fourth-order valence-electron chi connectivity index (χ4n) is 4.02. The summed E-state index contributed by atoms with van der Waals surface area (Å²) in [4.78, 5) is 27.6. The van der Waals surface area contributed by atoms with Crippen molar-refractivity contribution in [2.45, 2.75) is 18.4 Å². The topological polar surface area (TPSA) is 118 Å². The molecular formula is C21H20N6O4S2. The number of carbonyl (C=O) groups excluding carboxylic acids is 1. The number of hydrogen-bond acceptors (Lipinski definition) is 8. The number of benzene rings is 2. The molecule has 0 spiro atoms. The van der Waals surface area contributed by atoms with E-state index in [1.54, 1.807) is 48.2 Å². The van der Waals surface area contributed by atoms with E-state index in [2.05, 4.69) is 13.8 Å². The van der Waals surface area contributed by atoms with Crippen LogP contribution in [0.1, 0.15) is 17.4 Å². The van der Waals surface area contributed by atoms with Gasteiger partial charge in [-0.3, -0.25) is 9.59 Å². The van der Waals surface area contributed by atoms with Crippen LogP contribution in [0.5, 0.6) is 0 Å². The Morgan fingerprint density at radius 3 is 2.45 bits per heavy atom. The minimum absolute atomic E-state index is 0.121. The van der Waals surface area contributed by atoms with Gasteiger partial charge in [-0.05, 0) is 25.1 Å². The van der Waals surface area contributed by atoms with Crippen LogP contribution in [0.3, 0.4) is 0 Å². The first-order chi connectivity index (χ1) is 15.9. The fourth-order valence-corrected chi connectivity index (χ4v) is 6.19. The second-order valence-electron chi connectivity index (χ2n) is 7.60. The Hall–Kier alpha value is -3.22. The van der Waals surface area contributed by atoms with E-state index in [0.717, 1.165) is 11.7 Å². The number of nitrogens with zero attached hydrogens (tertiary/aromatic N) is 6. The van der Waals surface area contributed by atoms with E-state index >= 15 is 0 Å². The van der Waals surface area contributed by atoms with Crippen molar-refractivity contribution in [1.82, 2.24) is 27.7 Å². The molecule has 3 heterocycles. The Morgan fingerprint density at radius 1 is 1.00 bits per heavy atom. The summed E-state index contributed by atoms with van der Waals surface area (Å²) in [7, 11) is -3.78. The van der Waals surface area contributed by atoms with E-state index in [1.165, 1.54) is 15.1 Å². The first kappa shape index (κ1) is 21.6. The molecule has 0 unspecified atom stereocenters. The maximum Gasteiger partial charge on any atom is 0.275 e. The summed E-state index contributed by atoms with van der Waals surface area (Å²) >= 11 is 0.969. The van der Waals surface area contributed by atoms with Gasteiger partial charge in [-0.1, -0.05) is 24.3 Å². The molecule has 1 aliphatic rings. The van der Waals surface area contributed by atoms with Crippen LogP contribution in [-0.2, 0) is 16.6 Å². The summed E-state index contributed by atoms with van der Waals surface area (Å²) in [6.45, 7) is 2.85. The van der Waals surface area contributed by atoms with Crippen molar-refractivity contribution in [3.63, 3.8) is 0 Å². The number of rotatable bonds is 4. The van der Waals surface area contributed by atoms with Gasteiger partial charge in [0.2, 0.25) is 10.0 Å². The van der Waals surface area contributed by atoms with Gasteiger partial charge >= 0.3 is 0 Å². The molecule has 2 aromatic heterocycles. The molecule has 2 aromatic carbocycles. The van der Waals surface area contributed by atoms with Gasteiger partial charge in [0.15, 0.2) is 5.69 Å². The normalized spacial score (nSPS) is 15.4. The van der Waals surface area contributed by atoms with Crippen molar-refractivity contribution in [3.05, 3.63) is 58.5 Å². The number of aryl methyl sites for hydroxylation is 1. The smallest absolute Gasteiger partial charge is 0.275 e. The molecular weight excluding hydrogens is 464 g/mol. The zero-order valence-electron chi connectivity index (χ0n) is 17.7. The monoisotopic (exact) mass is 484 g/mol. The lowest BCUT2D eigenvalue weighted by molar-refractivity contribution is 0.0691. The van der Waals surface area contributed by atoms with E-state index in [-0.39, 0.29) is 48.2 Å². The van der Waals surface area contributed by atoms with Gasteiger partial charge in [0.05, 0.1) is 17.1 Å². The molecule has 0 radical (unpaired) electrons. The third-order valence-electron chi connectivity index (χ3n) is 5.76. The lowest BCUT2D eigenvalue weighted by Gasteiger charge is -2.34. The lowest BCUT2D eigenvalue weighted by Crippen LogP contribution is -2.50. The maximum absolute atomic E-state index is 13.3. The second-order valence-corrected chi connectivity index (χ2v) is 10.0. The summed E-state index contributed by atoms with van der Waals surface area (Å²) < 4.78 is 37.4. The third-order valence-corrected chi connectivity index (χ3v) is 8.24. The van der Waals surface area contributed by atoms with Crippen LogP contribution in [0.4, 0.5) is 0 Å². The summed E-state index contributed by atoms with van der Waals surface area (Å²) in [6, 6.07) is 11.8. The SMILES string of the molecule is CCn1nc(C(=O)N2CCN(S(=O)(=O)c3cccc4nsnc34)CC2)c2ccccc2c1=O. The molecule has 1 amide bonds. The first-order valence-corrected chi connectivity index (χ1v) is 12.6. The number of sulfonamides is 1. The Labute approximate surface area is 193 Å². The van der Waals surface area contributed by atoms with Crippen molar-refractivity contribution in [1.29, 1.82) is 0 Å². The molecule has 10 nitrogen and oxygen atoms in total. The molecule has 4 aromatic rings. The van der Waals surface area contributed by atoms with E-state index in [0.29, 0.717) is 28.4 Å². The van der Waals surface area contributed by atoms with Gasteiger partial charge in [-0.2, -0.15) is 18.2 Å². The quantitative estimate of drug-likeness (QED) is 0.431. The van der Waals surface area contributed by atoms with Crippen molar-refractivity contribution in [2.75, 3.05) is 26.2 Å². The highest BCUT2D eigenvalue weighted by Crippen LogP contribution is 2.25. The molecule has 5 rings (SSSR count). The van der Waals surface area contributed by atoms with Crippen molar-refractivity contribution < 1.29 is 13.2 Å². The zero-order valence-corrected chi connectivity index (χ0v) is 19.3. The van der Waals surface area contributed by atoms with Crippen LogP contribution >= 0.6 is 11.7 Å². The molecule has 1 saturated heterocycles. The number of amides is 1. The average molecular weight is 485 g/mol. The highest BCUT2D eigenvalue weighted by Gasteiger charge is 2.33. The highest BCUT2D eigenvalue weighted by molar-refractivity contribution is 7.89. The van der Waals surface area contributed by atoms with Crippen molar-refractivity contribution >= 4 is 49.5 Å². The van der Waals surface area contributed by atoms with E-state index in [9.17, 15) is 18.0 Å². The lowest BCUT2D eigenvalue weighted by atomic mass is 10.1. The molecule has 170 valence electrons. The van der Waals surface area contributed by atoms with Gasteiger partial charge < -0.3 is 4.90 Å². The molecule has 0 bridgehead atoms. The van der Waals surface area contributed by atoms with Crippen molar-refractivity contribution in [3.8, 4) is 0 Å².